The van der Waals surface area contributed by atoms with Gasteiger partial charge in [0, 0.05) is 0 Å². The molecule has 7 nitrogen and oxygen atoms in total. The van der Waals surface area contributed by atoms with Gasteiger partial charge < -0.3 is 14.2 Å². The van der Waals surface area contributed by atoms with Crippen molar-refractivity contribution in [1.82, 2.24) is 5.43 Å². The van der Waals surface area contributed by atoms with Crippen LogP contribution in [0.4, 0.5) is 5.69 Å². The van der Waals surface area contributed by atoms with E-state index < -0.39 is 11.8 Å². The van der Waals surface area contributed by atoms with E-state index in [9.17, 15) is 9.59 Å². The monoisotopic (exact) mass is 444 g/mol. The summed E-state index contributed by atoms with van der Waals surface area (Å²) in [5.41, 5.74) is 3.89. The number of hydrogen-bond acceptors (Lipinski definition) is 5. The van der Waals surface area contributed by atoms with E-state index in [1.807, 2.05) is 43.3 Å². The number of rotatable bonds is 9. The van der Waals surface area contributed by atoms with Crippen LogP contribution in [-0.2, 0) is 9.59 Å². The first-order chi connectivity index (χ1) is 16.2. The molecule has 0 saturated carbocycles. The van der Waals surface area contributed by atoms with Crippen molar-refractivity contribution in [2.45, 2.75) is 6.92 Å². The molecule has 4 rings (SSSR count). The standard InChI is InChI=1S/C26H24N2O5/c1-2-31-24-18-19(13-14-23(24)33-16-15-32-21-11-7-4-8-12-21)17-22-25(29)27-28(26(22)30)20-9-5-3-6-10-20/h3-14,17-18H,2,15-16H2,1H3,(H,27,29)/b22-17+. The zero-order chi connectivity index (χ0) is 23.0. The van der Waals surface area contributed by atoms with Crippen molar-refractivity contribution in [2.24, 2.45) is 0 Å². The number of hydrazine groups is 1. The van der Waals surface area contributed by atoms with Crippen LogP contribution in [0.3, 0.4) is 0 Å². The van der Waals surface area contributed by atoms with Crippen LogP contribution in [0.2, 0.25) is 0 Å². The van der Waals surface area contributed by atoms with Gasteiger partial charge >= 0.3 is 0 Å². The quantitative estimate of drug-likeness (QED) is 0.307. The number of ether oxygens (including phenoxy) is 3. The van der Waals surface area contributed by atoms with E-state index in [1.54, 1.807) is 48.5 Å². The number of amides is 2. The van der Waals surface area contributed by atoms with E-state index in [4.69, 9.17) is 14.2 Å². The van der Waals surface area contributed by atoms with Crippen LogP contribution < -0.4 is 24.6 Å². The Balaban J connectivity index is 1.46. The maximum Gasteiger partial charge on any atom is 0.282 e. The lowest BCUT2D eigenvalue weighted by Crippen LogP contribution is -2.35. The van der Waals surface area contributed by atoms with Gasteiger partial charge in [-0.05, 0) is 55.0 Å². The number of carbonyl (C=O) groups excluding carboxylic acids is 2. The van der Waals surface area contributed by atoms with Gasteiger partial charge in [-0.25, -0.2) is 5.01 Å². The molecule has 2 amide bonds. The molecule has 0 atom stereocenters. The lowest BCUT2D eigenvalue weighted by molar-refractivity contribution is -0.117. The van der Waals surface area contributed by atoms with E-state index in [2.05, 4.69) is 5.43 Å². The summed E-state index contributed by atoms with van der Waals surface area (Å²) >= 11 is 0. The van der Waals surface area contributed by atoms with Crippen molar-refractivity contribution in [3.8, 4) is 17.2 Å². The maximum atomic E-state index is 12.8. The van der Waals surface area contributed by atoms with Crippen LogP contribution >= 0.6 is 0 Å². The minimum absolute atomic E-state index is 0.0474. The van der Waals surface area contributed by atoms with E-state index >= 15 is 0 Å². The molecule has 0 radical (unpaired) electrons. The fraction of sp³-hybridized carbons (Fsp3) is 0.154. The largest absolute Gasteiger partial charge is 0.490 e. The van der Waals surface area contributed by atoms with Crippen molar-refractivity contribution in [3.05, 3.63) is 90.0 Å². The van der Waals surface area contributed by atoms with Gasteiger partial charge in [0.15, 0.2) is 11.5 Å². The number of carbonyl (C=O) groups is 2. The summed E-state index contributed by atoms with van der Waals surface area (Å²) < 4.78 is 17.2. The molecule has 0 bridgehead atoms. The molecule has 1 heterocycles. The molecule has 1 N–H and O–H groups in total. The average Bonchev–Trinajstić information content (AvgIpc) is 3.12. The maximum absolute atomic E-state index is 12.8. The third-order valence-corrected chi connectivity index (χ3v) is 4.84. The number of para-hydroxylation sites is 2. The number of nitrogens with one attached hydrogen (secondary N) is 1. The molecule has 33 heavy (non-hydrogen) atoms. The molecular weight excluding hydrogens is 420 g/mol. The summed E-state index contributed by atoms with van der Waals surface area (Å²) in [6.07, 6.45) is 1.55. The molecule has 3 aromatic carbocycles. The number of benzene rings is 3. The summed E-state index contributed by atoms with van der Waals surface area (Å²) in [6, 6.07) is 23.7. The fourth-order valence-corrected chi connectivity index (χ4v) is 3.31. The zero-order valence-electron chi connectivity index (χ0n) is 18.2. The molecule has 1 aliphatic rings. The second-order valence-corrected chi connectivity index (χ2v) is 7.12. The Morgan fingerprint density at radius 3 is 2.24 bits per heavy atom. The Hall–Kier alpha value is -4.26. The van der Waals surface area contributed by atoms with Crippen LogP contribution in [0.1, 0.15) is 12.5 Å². The number of hydrogen-bond donors (Lipinski definition) is 1. The number of nitrogens with zero attached hydrogens (tertiary/aromatic N) is 1. The normalized spacial score (nSPS) is 14.3. The first-order valence-electron chi connectivity index (χ1n) is 10.7. The topological polar surface area (TPSA) is 77.1 Å². The average molecular weight is 444 g/mol. The lowest BCUT2D eigenvalue weighted by atomic mass is 10.1. The molecule has 168 valence electrons. The summed E-state index contributed by atoms with van der Waals surface area (Å²) in [7, 11) is 0. The molecule has 7 heteroatoms. The highest BCUT2D eigenvalue weighted by molar-refractivity contribution is 6.31. The summed E-state index contributed by atoms with van der Waals surface area (Å²) in [4.78, 5) is 25.2. The Morgan fingerprint density at radius 1 is 0.818 bits per heavy atom. The third-order valence-electron chi connectivity index (χ3n) is 4.84. The van der Waals surface area contributed by atoms with Crippen molar-refractivity contribution >= 4 is 23.6 Å². The Morgan fingerprint density at radius 2 is 1.52 bits per heavy atom. The van der Waals surface area contributed by atoms with Gasteiger partial charge in [-0.2, -0.15) is 0 Å². The van der Waals surface area contributed by atoms with Gasteiger partial charge in [0.2, 0.25) is 0 Å². The van der Waals surface area contributed by atoms with Crippen molar-refractivity contribution in [2.75, 3.05) is 24.8 Å². The predicted octanol–water partition coefficient (Wildman–Crippen LogP) is 4.00. The van der Waals surface area contributed by atoms with Crippen molar-refractivity contribution in [3.63, 3.8) is 0 Å². The third kappa shape index (κ3) is 5.33. The van der Waals surface area contributed by atoms with Crippen molar-refractivity contribution < 1.29 is 23.8 Å². The lowest BCUT2D eigenvalue weighted by Gasteiger charge is -2.14. The van der Waals surface area contributed by atoms with Gasteiger partial charge in [0.05, 0.1) is 12.3 Å². The molecule has 0 aromatic heterocycles. The van der Waals surface area contributed by atoms with Crippen LogP contribution in [0.5, 0.6) is 17.2 Å². The highest BCUT2D eigenvalue weighted by Gasteiger charge is 2.34. The molecule has 3 aromatic rings. The molecule has 0 unspecified atom stereocenters. The van der Waals surface area contributed by atoms with Crippen molar-refractivity contribution in [1.29, 1.82) is 0 Å². The Bertz CT molecular complexity index is 1150. The minimum atomic E-state index is -0.458. The first kappa shape index (κ1) is 22.0. The Kier molecular flexibility index (Phi) is 6.90. The van der Waals surface area contributed by atoms with E-state index in [1.165, 1.54) is 5.01 Å². The second-order valence-electron chi connectivity index (χ2n) is 7.12. The Labute approximate surface area is 192 Å². The molecule has 0 aliphatic carbocycles. The second kappa shape index (κ2) is 10.4. The van der Waals surface area contributed by atoms with Gasteiger partial charge in [0.1, 0.15) is 24.5 Å². The van der Waals surface area contributed by atoms with Gasteiger partial charge in [-0.1, -0.05) is 42.5 Å². The SMILES string of the molecule is CCOc1cc(/C=C2\C(=O)NN(c3ccccc3)C2=O)ccc1OCCOc1ccccc1. The van der Waals surface area contributed by atoms with Gasteiger partial charge in [0.25, 0.3) is 11.8 Å². The highest BCUT2D eigenvalue weighted by Crippen LogP contribution is 2.30. The van der Waals surface area contributed by atoms with E-state index in [0.29, 0.717) is 42.6 Å². The van der Waals surface area contributed by atoms with Gasteiger partial charge in [-0.3, -0.25) is 15.0 Å². The van der Waals surface area contributed by atoms with E-state index in [0.717, 1.165) is 5.75 Å². The highest BCUT2D eigenvalue weighted by atomic mass is 16.5. The molecule has 1 fully saturated rings. The fourth-order valence-electron chi connectivity index (χ4n) is 3.31. The number of anilines is 1. The summed E-state index contributed by atoms with van der Waals surface area (Å²) in [6.45, 7) is 3.03. The van der Waals surface area contributed by atoms with E-state index in [-0.39, 0.29) is 5.57 Å². The minimum Gasteiger partial charge on any atom is -0.490 e. The predicted molar refractivity (Wildman–Crippen MR) is 125 cm³/mol. The van der Waals surface area contributed by atoms with Crippen LogP contribution in [0, 0.1) is 0 Å². The molecule has 1 aliphatic heterocycles. The summed E-state index contributed by atoms with van der Waals surface area (Å²) in [5.74, 6) is 0.987. The zero-order valence-corrected chi connectivity index (χ0v) is 18.2. The molecule has 1 saturated heterocycles. The molecular formula is C26H24N2O5. The van der Waals surface area contributed by atoms with Crippen LogP contribution in [0.15, 0.2) is 84.4 Å². The first-order valence-corrected chi connectivity index (χ1v) is 10.7. The van der Waals surface area contributed by atoms with Crippen LogP contribution in [0.25, 0.3) is 6.08 Å². The smallest absolute Gasteiger partial charge is 0.282 e. The van der Waals surface area contributed by atoms with Crippen LogP contribution in [-0.4, -0.2) is 31.6 Å². The van der Waals surface area contributed by atoms with Gasteiger partial charge in [-0.15, -0.1) is 0 Å². The molecule has 0 spiro atoms. The summed E-state index contributed by atoms with van der Waals surface area (Å²) in [5, 5.41) is 1.24.